The number of aryl methyl sites for hydroxylation is 2. The number of rotatable bonds is 13. The number of benzene rings is 4. The Hall–Kier alpha value is -4.14. The second kappa shape index (κ2) is 15.2. The highest BCUT2D eigenvalue weighted by molar-refractivity contribution is 7.92. The number of hydrogen-bond donors (Lipinski definition) is 1. The van der Waals surface area contributed by atoms with Gasteiger partial charge in [-0.05, 0) is 66.8 Å². The second-order valence-electron chi connectivity index (χ2n) is 11.6. The number of anilines is 1. The smallest absolute Gasteiger partial charge is 0.264 e. The van der Waals surface area contributed by atoms with Crippen molar-refractivity contribution >= 4 is 39.1 Å². The van der Waals surface area contributed by atoms with Crippen molar-refractivity contribution in [1.29, 1.82) is 0 Å². The first-order chi connectivity index (χ1) is 21.5. The van der Waals surface area contributed by atoms with Gasteiger partial charge < -0.3 is 10.2 Å². The molecule has 4 rings (SSSR count). The predicted octanol–water partition coefficient (Wildman–Crippen LogP) is 6.56. The highest BCUT2D eigenvalue weighted by Gasteiger charge is 2.35. The number of para-hydroxylation sites is 1. The minimum Gasteiger partial charge on any atom is -0.354 e. The lowest BCUT2D eigenvalue weighted by Gasteiger charge is -2.34. The number of carbonyl (C=O) groups excluding carboxylic acids is 2. The normalized spacial score (nSPS) is 12.0. The van der Waals surface area contributed by atoms with E-state index in [-0.39, 0.29) is 29.7 Å². The molecule has 1 N–H and O–H groups in total. The summed E-state index contributed by atoms with van der Waals surface area (Å²) in [6.45, 7) is 7.65. The van der Waals surface area contributed by atoms with E-state index in [1.54, 1.807) is 67.6 Å². The van der Waals surface area contributed by atoms with Gasteiger partial charge in [-0.1, -0.05) is 104 Å². The quantitative estimate of drug-likeness (QED) is 0.178. The summed E-state index contributed by atoms with van der Waals surface area (Å²) in [4.78, 5) is 29.9. The molecule has 0 bridgehead atoms. The average molecular weight is 646 g/mol. The molecular weight excluding hydrogens is 606 g/mol. The highest BCUT2D eigenvalue weighted by atomic mass is 35.5. The molecule has 2 amide bonds. The highest BCUT2D eigenvalue weighted by Crippen LogP contribution is 2.28. The lowest BCUT2D eigenvalue weighted by Crippen LogP contribution is -2.53. The van der Waals surface area contributed by atoms with Crippen LogP contribution in [0.3, 0.4) is 0 Å². The van der Waals surface area contributed by atoms with Crippen molar-refractivity contribution in [3.63, 3.8) is 0 Å². The third-order valence-electron chi connectivity index (χ3n) is 7.47. The molecule has 236 valence electrons. The van der Waals surface area contributed by atoms with Crippen LogP contribution in [0.5, 0.6) is 0 Å². The van der Waals surface area contributed by atoms with E-state index in [0.717, 1.165) is 21.0 Å². The third-order valence-corrected chi connectivity index (χ3v) is 9.48. The number of nitrogens with one attached hydrogen (secondary N) is 1. The van der Waals surface area contributed by atoms with E-state index in [1.807, 2.05) is 63.2 Å². The van der Waals surface area contributed by atoms with Crippen molar-refractivity contribution in [3.05, 3.63) is 130 Å². The molecule has 0 radical (unpaired) electrons. The molecule has 0 aromatic heterocycles. The number of hydrogen-bond acceptors (Lipinski definition) is 4. The molecule has 7 nitrogen and oxygen atoms in total. The molecule has 0 spiro atoms. The monoisotopic (exact) mass is 645 g/mol. The number of halogens is 1. The molecule has 9 heteroatoms. The van der Waals surface area contributed by atoms with Crippen LogP contribution in [0.2, 0.25) is 5.02 Å². The topological polar surface area (TPSA) is 86.8 Å². The van der Waals surface area contributed by atoms with Crippen molar-refractivity contribution in [3.8, 4) is 0 Å². The SMILES string of the molecule is Cc1ccc(S(=O)(=O)N(CC(=O)N(Cc2cccc(Cl)c2)C(Cc2ccccc2)C(=O)NCC(C)C)c2ccccc2C)cc1. The molecule has 1 unspecified atom stereocenters. The summed E-state index contributed by atoms with van der Waals surface area (Å²) in [6.07, 6.45) is 0.242. The molecule has 0 aliphatic heterocycles. The van der Waals surface area contributed by atoms with Crippen molar-refractivity contribution < 1.29 is 18.0 Å². The summed E-state index contributed by atoms with van der Waals surface area (Å²) in [7, 11) is -4.16. The Bertz CT molecular complexity index is 1710. The van der Waals surface area contributed by atoms with Crippen molar-refractivity contribution in [2.45, 2.75) is 51.6 Å². The first-order valence-corrected chi connectivity index (χ1v) is 16.8. The molecule has 0 aliphatic carbocycles. The van der Waals surface area contributed by atoms with Gasteiger partial charge in [0.25, 0.3) is 10.0 Å². The lowest BCUT2D eigenvalue weighted by atomic mass is 10.0. The summed E-state index contributed by atoms with van der Waals surface area (Å²) < 4.78 is 29.5. The van der Waals surface area contributed by atoms with E-state index in [1.165, 1.54) is 4.90 Å². The fourth-order valence-corrected chi connectivity index (χ4v) is 6.69. The molecule has 0 heterocycles. The van der Waals surface area contributed by atoms with E-state index in [4.69, 9.17) is 11.6 Å². The van der Waals surface area contributed by atoms with Crippen LogP contribution < -0.4 is 9.62 Å². The van der Waals surface area contributed by atoms with Crippen molar-refractivity contribution in [2.75, 3.05) is 17.4 Å². The fourth-order valence-electron chi connectivity index (χ4n) is 5.00. The minimum absolute atomic E-state index is 0.0538. The maximum Gasteiger partial charge on any atom is 0.264 e. The summed E-state index contributed by atoms with van der Waals surface area (Å²) in [5.41, 5.74) is 3.58. The summed E-state index contributed by atoms with van der Waals surface area (Å²) in [5, 5.41) is 3.49. The Morgan fingerprint density at radius 3 is 2.11 bits per heavy atom. The average Bonchev–Trinajstić information content (AvgIpc) is 3.01. The van der Waals surface area contributed by atoms with Crippen molar-refractivity contribution in [2.24, 2.45) is 5.92 Å². The van der Waals surface area contributed by atoms with Gasteiger partial charge in [0.2, 0.25) is 11.8 Å². The molecule has 0 fully saturated rings. The molecule has 0 aliphatic rings. The second-order valence-corrected chi connectivity index (χ2v) is 13.9. The van der Waals surface area contributed by atoms with Crippen LogP contribution in [0.1, 0.15) is 36.1 Å². The third kappa shape index (κ3) is 8.96. The van der Waals surface area contributed by atoms with E-state index < -0.39 is 28.5 Å². The number of carbonyl (C=O) groups is 2. The van der Waals surface area contributed by atoms with Crippen LogP contribution >= 0.6 is 11.6 Å². The zero-order chi connectivity index (χ0) is 32.6. The van der Waals surface area contributed by atoms with Gasteiger partial charge in [0.15, 0.2) is 0 Å². The van der Waals surface area contributed by atoms with Gasteiger partial charge in [-0.25, -0.2) is 8.42 Å². The maximum absolute atomic E-state index is 14.5. The van der Waals surface area contributed by atoms with Crippen LogP contribution in [0, 0.1) is 19.8 Å². The summed E-state index contributed by atoms with van der Waals surface area (Å²) in [6, 6.07) is 29.3. The minimum atomic E-state index is -4.16. The largest absolute Gasteiger partial charge is 0.354 e. The summed E-state index contributed by atoms with van der Waals surface area (Å²) >= 11 is 6.31. The molecular formula is C36H40ClN3O4S. The van der Waals surface area contributed by atoms with Gasteiger partial charge in [-0.3, -0.25) is 13.9 Å². The number of amides is 2. The van der Waals surface area contributed by atoms with Gasteiger partial charge >= 0.3 is 0 Å². The Balaban J connectivity index is 1.81. The van der Waals surface area contributed by atoms with Crippen LogP contribution in [-0.2, 0) is 32.6 Å². The van der Waals surface area contributed by atoms with E-state index in [9.17, 15) is 18.0 Å². The lowest BCUT2D eigenvalue weighted by molar-refractivity contribution is -0.140. The zero-order valence-corrected chi connectivity index (χ0v) is 27.7. The predicted molar refractivity (Wildman–Crippen MR) is 181 cm³/mol. The number of nitrogens with zero attached hydrogens (tertiary/aromatic N) is 2. The van der Waals surface area contributed by atoms with E-state index in [2.05, 4.69) is 5.32 Å². The fraction of sp³-hybridized carbons (Fsp3) is 0.278. The maximum atomic E-state index is 14.5. The summed E-state index contributed by atoms with van der Waals surface area (Å²) in [5.74, 6) is -0.638. The van der Waals surface area contributed by atoms with Gasteiger partial charge in [0.05, 0.1) is 10.6 Å². The Morgan fingerprint density at radius 2 is 1.47 bits per heavy atom. The molecule has 4 aromatic carbocycles. The van der Waals surface area contributed by atoms with Crippen LogP contribution in [0.15, 0.2) is 108 Å². The Labute approximate surface area is 271 Å². The molecule has 45 heavy (non-hydrogen) atoms. The van der Waals surface area contributed by atoms with Crippen LogP contribution in [-0.4, -0.2) is 44.3 Å². The van der Waals surface area contributed by atoms with Crippen LogP contribution in [0.4, 0.5) is 5.69 Å². The Kier molecular flexibility index (Phi) is 11.4. The van der Waals surface area contributed by atoms with E-state index in [0.29, 0.717) is 22.8 Å². The Morgan fingerprint density at radius 1 is 0.822 bits per heavy atom. The standard InChI is InChI=1S/C36H40ClN3O4S/c1-26(2)23-38-36(42)34(22-29-12-6-5-7-13-29)39(24-30-14-10-15-31(37)21-30)35(41)25-40(33-16-9-8-11-28(33)4)45(43,44)32-19-17-27(3)18-20-32/h5-21,26,34H,22-25H2,1-4H3,(H,38,42). The van der Waals surface area contributed by atoms with Crippen LogP contribution in [0.25, 0.3) is 0 Å². The first-order valence-electron chi connectivity index (χ1n) is 15.0. The number of sulfonamides is 1. The van der Waals surface area contributed by atoms with E-state index >= 15 is 0 Å². The molecule has 0 saturated heterocycles. The molecule has 1 atom stereocenters. The molecule has 0 saturated carbocycles. The van der Waals surface area contributed by atoms with Crippen molar-refractivity contribution in [1.82, 2.24) is 10.2 Å². The van der Waals surface area contributed by atoms with Gasteiger partial charge in [0, 0.05) is 24.5 Å². The zero-order valence-electron chi connectivity index (χ0n) is 26.1. The van der Waals surface area contributed by atoms with Gasteiger partial charge in [-0.2, -0.15) is 0 Å². The van der Waals surface area contributed by atoms with Gasteiger partial charge in [0.1, 0.15) is 12.6 Å². The molecule has 4 aromatic rings. The first kappa shape index (κ1) is 33.7. The van der Waals surface area contributed by atoms with Gasteiger partial charge in [-0.15, -0.1) is 0 Å².